The Labute approximate surface area is 160 Å². The van der Waals surface area contributed by atoms with Crippen molar-refractivity contribution in [2.75, 3.05) is 13.7 Å². The van der Waals surface area contributed by atoms with Gasteiger partial charge in [0.25, 0.3) is 0 Å². The van der Waals surface area contributed by atoms with E-state index in [1.807, 2.05) is 57.7 Å². The van der Waals surface area contributed by atoms with E-state index < -0.39 is 0 Å². The van der Waals surface area contributed by atoms with Crippen molar-refractivity contribution in [3.8, 4) is 11.8 Å². The average molecular weight is 374 g/mol. The highest BCUT2D eigenvalue weighted by atomic mass is 32.1. The molecule has 1 atom stereocenters. The van der Waals surface area contributed by atoms with Crippen LogP contribution in [0.15, 0.2) is 12.1 Å². The molecule has 1 aromatic rings. The lowest BCUT2D eigenvalue weighted by Crippen LogP contribution is -2.33. The maximum Gasteiger partial charge on any atom is 0.348 e. The van der Waals surface area contributed by atoms with Crippen molar-refractivity contribution in [2.45, 2.75) is 47.1 Å². The summed E-state index contributed by atoms with van der Waals surface area (Å²) in [6.45, 7) is 11.0. The third-order valence-corrected chi connectivity index (χ3v) is 5.15. The Morgan fingerprint density at radius 3 is 2.65 bits per heavy atom. The Hall–Kier alpha value is -2.06. The Morgan fingerprint density at radius 2 is 2.12 bits per heavy atom. The minimum atomic E-state index is -0.375. The van der Waals surface area contributed by atoms with Gasteiger partial charge in [0.15, 0.2) is 0 Å². The molecule has 1 saturated heterocycles. The summed E-state index contributed by atoms with van der Waals surface area (Å²) in [5, 5.41) is 0. The molecule has 0 radical (unpaired) electrons. The predicted molar refractivity (Wildman–Crippen MR) is 106 cm³/mol. The molecule has 2 heterocycles. The van der Waals surface area contributed by atoms with E-state index in [4.69, 9.17) is 4.74 Å². The summed E-state index contributed by atoms with van der Waals surface area (Å²) in [7, 11) is 1.37. The van der Waals surface area contributed by atoms with Crippen LogP contribution in [0, 0.1) is 23.2 Å². The Kier molecular flexibility index (Phi) is 6.30. The van der Waals surface area contributed by atoms with Crippen molar-refractivity contribution in [2.24, 2.45) is 11.3 Å². The fraction of sp³-hybridized carbons (Fsp3) is 0.524. The monoisotopic (exact) mass is 373 g/mol. The molecule has 0 spiro atoms. The number of likely N-dealkylation sites (tertiary alicyclic amines) is 1. The van der Waals surface area contributed by atoms with Crippen LogP contribution >= 0.6 is 11.3 Å². The highest BCUT2D eigenvalue weighted by Crippen LogP contribution is 2.27. The lowest BCUT2D eigenvalue weighted by atomic mass is 9.98. The predicted octanol–water partition coefficient (Wildman–Crippen LogP) is 4.20. The number of rotatable bonds is 4. The fourth-order valence-corrected chi connectivity index (χ4v) is 3.65. The number of carbonyl (C=O) groups is 2. The number of methoxy groups -OCH3 is 1. The SMILES string of the molecule is COC(=O)c1sc(C#CC(C)(C)C)cc1/C=C\C1CCN(C(C)C)C1=O. The summed E-state index contributed by atoms with van der Waals surface area (Å²) in [6.07, 6.45) is 4.57. The van der Waals surface area contributed by atoms with E-state index >= 15 is 0 Å². The van der Waals surface area contributed by atoms with Gasteiger partial charge in [-0.1, -0.05) is 24.0 Å². The van der Waals surface area contributed by atoms with Crippen LogP contribution in [0.5, 0.6) is 0 Å². The Morgan fingerprint density at radius 1 is 1.42 bits per heavy atom. The minimum Gasteiger partial charge on any atom is -0.465 e. The first kappa shape index (κ1) is 20.3. The van der Waals surface area contributed by atoms with E-state index in [1.165, 1.54) is 18.4 Å². The van der Waals surface area contributed by atoms with Crippen LogP contribution in [0.4, 0.5) is 0 Å². The summed E-state index contributed by atoms with van der Waals surface area (Å²) in [5.41, 5.74) is 0.651. The van der Waals surface area contributed by atoms with E-state index in [2.05, 4.69) is 11.8 Å². The first-order chi connectivity index (χ1) is 12.1. The molecule has 1 aliphatic rings. The van der Waals surface area contributed by atoms with Crippen molar-refractivity contribution in [1.29, 1.82) is 0 Å². The summed E-state index contributed by atoms with van der Waals surface area (Å²) in [4.78, 5) is 27.7. The van der Waals surface area contributed by atoms with Gasteiger partial charge in [0.1, 0.15) is 4.88 Å². The van der Waals surface area contributed by atoms with Crippen LogP contribution in [0.25, 0.3) is 6.08 Å². The van der Waals surface area contributed by atoms with Crippen molar-refractivity contribution in [3.05, 3.63) is 27.5 Å². The molecule has 5 heteroatoms. The highest BCUT2D eigenvalue weighted by Gasteiger charge is 2.31. The van der Waals surface area contributed by atoms with Gasteiger partial charge < -0.3 is 9.64 Å². The zero-order chi connectivity index (χ0) is 19.5. The van der Waals surface area contributed by atoms with Crippen LogP contribution < -0.4 is 0 Å². The number of hydrogen-bond donors (Lipinski definition) is 0. The summed E-state index contributed by atoms with van der Waals surface area (Å²) < 4.78 is 4.89. The zero-order valence-corrected chi connectivity index (χ0v) is 17.2. The van der Waals surface area contributed by atoms with Gasteiger partial charge in [-0.3, -0.25) is 4.79 Å². The van der Waals surface area contributed by atoms with E-state index in [0.29, 0.717) is 4.88 Å². The van der Waals surface area contributed by atoms with Crippen LogP contribution in [-0.2, 0) is 9.53 Å². The number of nitrogens with zero attached hydrogens (tertiary/aromatic N) is 1. The minimum absolute atomic E-state index is 0.109. The van der Waals surface area contributed by atoms with Gasteiger partial charge in [-0.2, -0.15) is 0 Å². The van der Waals surface area contributed by atoms with Gasteiger partial charge in [-0.05, 0) is 47.1 Å². The second-order valence-corrected chi connectivity index (χ2v) is 8.82. The summed E-state index contributed by atoms with van der Waals surface area (Å²) in [6, 6.07) is 2.11. The van der Waals surface area contributed by atoms with Gasteiger partial charge in [-0.15, -0.1) is 11.3 Å². The van der Waals surface area contributed by atoms with Crippen molar-refractivity contribution in [1.82, 2.24) is 4.90 Å². The first-order valence-electron chi connectivity index (χ1n) is 8.86. The van der Waals surface area contributed by atoms with Gasteiger partial charge >= 0.3 is 5.97 Å². The quantitative estimate of drug-likeness (QED) is 0.587. The summed E-state index contributed by atoms with van der Waals surface area (Å²) in [5.74, 6) is 5.96. The van der Waals surface area contributed by atoms with E-state index in [-0.39, 0.29) is 29.3 Å². The second-order valence-electron chi connectivity index (χ2n) is 7.77. The molecule has 1 aliphatic heterocycles. The molecule has 1 amide bonds. The van der Waals surface area contributed by atoms with Crippen LogP contribution in [0.1, 0.15) is 61.2 Å². The number of thiophene rings is 1. The number of carbonyl (C=O) groups excluding carboxylic acids is 2. The molecular formula is C21H27NO3S. The molecule has 1 aromatic heterocycles. The maximum atomic E-state index is 12.4. The first-order valence-corrected chi connectivity index (χ1v) is 9.68. The third kappa shape index (κ3) is 4.98. The molecule has 0 saturated carbocycles. The lowest BCUT2D eigenvalue weighted by Gasteiger charge is -2.20. The second kappa shape index (κ2) is 8.09. The van der Waals surface area contributed by atoms with E-state index in [0.717, 1.165) is 23.4 Å². The van der Waals surface area contributed by atoms with Crippen LogP contribution in [-0.4, -0.2) is 36.5 Å². The third-order valence-electron chi connectivity index (χ3n) is 4.11. The number of hydrogen-bond acceptors (Lipinski definition) is 4. The Balaban J connectivity index is 2.27. The average Bonchev–Trinajstić information content (AvgIpc) is 3.13. The smallest absolute Gasteiger partial charge is 0.348 e. The largest absolute Gasteiger partial charge is 0.465 e. The maximum absolute atomic E-state index is 12.4. The van der Waals surface area contributed by atoms with E-state index in [1.54, 1.807) is 0 Å². The number of esters is 1. The molecule has 0 aromatic carbocycles. The molecule has 2 rings (SSSR count). The number of amides is 1. The number of ether oxygens (including phenoxy) is 1. The van der Waals surface area contributed by atoms with Gasteiger partial charge in [0.2, 0.25) is 5.91 Å². The molecule has 1 fully saturated rings. The molecule has 0 bridgehead atoms. The lowest BCUT2D eigenvalue weighted by molar-refractivity contribution is -0.131. The zero-order valence-electron chi connectivity index (χ0n) is 16.4. The topological polar surface area (TPSA) is 46.6 Å². The van der Waals surface area contributed by atoms with Gasteiger partial charge in [0, 0.05) is 23.6 Å². The normalized spacial score (nSPS) is 17.7. The highest BCUT2D eigenvalue weighted by molar-refractivity contribution is 7.14. The van der Waals surface area contributed by atoms with Crippen molar-refractivity contribution < 1.29 is 14.3 Å². The van der Waals surface area contributed by atoms with Crippen LogP contribution in [0.3, 0.4) is 0 Å². The molecular weight excluding hydrogens is 346 g/mol. The molecule has 26 heavy (non-hydrogen) atoms. The molecule has 4 nitrogen and oxygen atoms in total. The molecule has 140 valence electrons. The standard InChI is InChI=1S/C21H27NO3S/c1-14(2)22-12-10-15(19(22)23)7-8-16-13-17(9-11-21(3,4)5)26-18(16)20(24)25-6/h7-8,13-15H,10,12H2,1-6H3/b8-7-. The summed E-state index contributed by atoms with van der Waals surface area (Å²) >= 11 is 1.33. The molecule has 0 aliphatic carbocycles. The Bertz CT molecular complexity index is 771. The van der Waals surface area contributed by atoms with Crippen molar-refractivity contribution in [3.63, 3.8) is 0 Å². The molecule has 0 N–H and O–H groups in total. The van der Waals surface area contributed by atoms with Crippen LogP contribution in [0.2, 0.25) is 0 Å². The molecule has 1 unspecified atom stereocenters. The van der Waals surface area contributed by atoms with Gasteiger partial charge in [-0.25, -0.2) is 4.79 Å². The van der Waals surface area contributed by atoms with E-state index in [9.17, 15) is 9.59 Å². The van der Waals surface area contributed by atoms with Gasteiger partial charge in [0.05, 0.1) is 17.9 Å². The van der Waals surface area contributed by atoms with Crippen molar-refractivity contribution >= 4 is 29.3 Å². The fourth-order valence-electron chi connectivity index (χ4n) is 2.73.